The molecular formula is C15H26N2O4. The van der Waals surface area contributed by atoms with Crippen molar-refractivity contribution in [3.63, 3.8) is 0 Å². The second kappa shape index (κ2) is 6.91. The van der Waals surface area contributed by atoms with Crippen molar-refractivity contribution in [2.45, 2.75) is 59.1 Å². The standard InChI is InChI=1S/C15H26N2O4/c1-10(14(20)21-15(3,4)5)16-13(19)12-7-6-8-17(9-12)11(2)18/h10,12H,6-9H2,1-5H3,(H,16,19)/t10-,12?/m1/s1. The minimum absolute atomic E-state index is 0.0207. The molecule has 1 aliphatic heterocycles. The molecule has 1 heterocycles. The topological polar surface area (TPSA) is 75.7 Å². The van der Waals surface area contributed by atoms with Crippen LogP contribution < -0.4 is 5.32 Å². The lowest BCUT2D eigenvalue weighted by molar-refractivity contribution is -0.158. The van der Waals surface area contributed by atoms with Crippen molar-refractivity contribution in [2.24, 2.45) is 5.92 Å². The van der Waals surface area contributed by atoms with Crippen LogP contribution in [0, 0.1) is 5.92 Å². The van der Waals surface area contributed by atoms with Gasteiger partial charge in [0.15, 0.2) is 0 Å². The van der Waals surface area contributed by atoms with E-state index >= 15 is 0 Å². The second-order valence-electron chi connectivity index (χ2n) is 6.57. The Balaban J connectivity index is 2.52. The van der Waals surface area contributed by atoms with Crippen LogP contribution in [0.4, 0.5) is 0 Å². The van der Waals surface area contributed by atoms with E-state index in [1.165, 1.54) is 6.92 Å². The molecule has 21 heavy (non-hydrogen) atoms. The zero-order valence-corrected chi connectivity index (χ0v) is 13.6. The number of hydrogen-bond acceptors (Lipinski definition) is 4. The Labute approximate surface area is 126 Å². The quantitative estimate of drug-likeness (QED) is 0.791. The number of nitrogens with zero attached hydrogens (tertiary/aromatic N) is 1. The first-order valence-corrected chi connectivity index (χ1v) is 7.39. The Morgan fingerprint density at radius 2 is 1.90 bits per heavy atom. The van der Waals surface area contributed by atoms with E-state index in [0.29, 0.717) is 13.1 Å². The van der Waals surface area contributed by atoms with Crippen molar-refractivity contribution in [3.05, 3.63) is 0 Å². The van der Waals surface area contributed by atoms with E-state index in [1.54, 1.807) is 32.6 Å². The van der Waals surface area contributed by atoms with E-state index in [1.807, 2.05) is 0 Å². The molecular weight excluding hydrogens is 272 g/mol. The monoisotopic (exact) mass is 298 g/mol. The van der Waals surface area contributed by atoms with Crippen molar-refractivity contribution >= 4 is 17.8 Å². The molecule has 0 radical (unpaired) electrons. The van der Waals surface area contributed by atoms with Gasteiger partial charge in [-0.1, -0.05) is 0 Å². The summed E-state index contributed by atoms with van der Waals surface area (Å²) in [5.74, 6) is -0.922. The molecule has 1 saturated heterocycles. The molecule has 0 aromatic heterocycles. The van der Waals surface area contributed by atoms with Crippen molar-refractivity contribution in [1.29, 1.82) is 0 Å². The largest absolute Gasteiger partial charge is 0.458 e. The molecule has 0 aromatic carbocycles. The van der Waals surface area contributed by atoms with Gasteiger partial charge in [-0.15, -0.1) is 0 Å². The Morgan fingerprint density at radius 3 is 2.43 bits per heavy atom. The van der Waals surface area contributed by atoms with Crippen LogP contribution in [0.5, 0.6) is 0 Å². The van der Waals surface area contributed by atoms with Crippen LogP contribution in [0.15, 0.2) is 0 Å². The third-order valence-corrected chi connectivity index (χ3v) is 3.36. The highest BCUT2D eigenvalue weighted by atomic mass is 16.6. The van der Waals surface area contributed by atoms with Gasteiger partial charge in [0.25, 0.3) is 0 Å². The molecule has 1 fully saturated rings. The van der Waals surface area contributed by atoms with E-state index in [-0.39, 0.29) is 17.7 Å². The summed E-state index contributed by atoms with van der Waals surface area (Å²) in [5.41, 5.74) is -0.577. The molecule has 0 saturated carbocycles. The Hall–Kier alpha value is -1.59. The van der Waals surface area contributed by atoms with Crippen LogP contribution in [0.25, 0.3) is 0 Å². The number of rotatable bonds is 3. The first-order valence-electron chi connectivity index (χ1n) is 7.39. The van der Waals surface area contributed by atoms with Crippen LogP contribution in [-0.4, -0.2) is 47.4 Å². The minimum Gasteiger partial charge on any atom is -0.458 e. The van der Waals surface area contributed by atoms with Crippen LogP contribution in [0.3, 0.4) is 0 Å². The maximum atomic E-state index is 12.2. The van der Waals surface area contributed by atoms with E-state index in [0.717, 1.165) is 12.8 Å². The molecule has 120 valence electrons. The fourth-order valence-corrected chi connectivity index (χ4v) is 2.26. The maximum Gasteiger partial charge on any atom is 0.328 e. The van der Waals surface area contributed by atoms with Crippen molar-refractivity contribution in [3.8, 4) is 0 Å². The summed E-state index contributed by atoms with van der Waals surface area (Å²) in [6, 6.07) is -0.690. The normalized spacial score (nSPS) is 20.6. The van der Waals surface area contributed by atoms with Crippen LogP contribution in [-0.2, 0) is 19.1 Å². The SMILES string of the molecule is CC(=O)N1CCCC(C(=O)N[C@H](C)C(=O)OC(C)(C)C)C1. The highest BCUT2D eigenvalue weighted by Crippen LogP contribution is 2.17. The summed E-state index contributed by atoms with van der Waals surface area (Å²) < 4.78 is 5.23. The zero-order valence-electron chi connectivity index (χ0n) is 13.6. The van der Waals surface area contributed by atoms with Gasteiger partial charge in [0, 0.05) is 20.0 Å². The number of hydrogen-bond donors (Lipinski definition) is 1. The molecule has 6 nitrogen and oxygen atoms in total. The lowest BCUT2D eigenvalue weighted by Crippen LogP contribution is -2.49. The predicted molar refractivity (Wildman–Crippen MR) is 78.4 cm³/mol. The van der Waals surface area contributed by atoms with Gasteiger partial charge in [-0.2, -0.15) is 0 Å². The number of carbonyl (C=O) groups excluding carboxylic acids is 3. The highest BCUT2D eigenvalue weighted by Gasteiger charge is 2.30. The Bertz CT molecular complexity index is 414. The van der Waals surface area contributed by atoms with Gasteiger partial charge in [0.1, 0.15) is 11.6 Å². The summed E-state index contributed by atoms with van der Waals surface area (Å²) >= 11 is 0. The molecule has 0 aliphatic carbocycles. The van der Waals surface area contributed by atoms with Crippen LogP contribution in [0.1, 0.15) is 47.5 Å². The molecule has 0 aromatic rings. The van der Waals surface area contributed by atoms with E-state index in [2.05, 4.69) is 5.32 Å². The number of nitrogens with one attached hydrogen (secondary N) is 1. The Kier molecular flexibility index (Phi) is 5.75. The first kappa shape index (κ1) is 17.5. The Morgan fingerprint density at radius 1 is 1.29 bits per heavy atom. The number of piperidine rings is 1. The zero-order chi connectivity index (χ0) is 16.2. The highest BCUT2D eigenvalue weighted by molar-refractivity contribution is 5.86. The summed E-state index contributed by atoms with van der Waals surface area (Å²) in [7, 11) is 0. The van der Waals surface area contributed by atoms with E-state index < -0.39 is 17.6 Å². The summed E-state index contributed by atoms with van der Waals surface area (Å²) in [6.07, 6.45) is 1.54. The third-order valence-electron chi connectivity index (χ3n) is 3.36. The first-order chi connectivity index (χ1) is 9.60. The number of carbonyl (C=O) groups is 3. The maximum absolute atomic E-state index is 12.2. The average Bonchev–Trinajstić information content (AvgIpc) is 2.36. The fraction of sp³-hybridized carbons (Fsp3) is 0.800. The molecule has 6 heteroatoms. The van der Waals surface area contributed by atoms with Gasteiger partial charge < -0.3 is 15.0 Å². The molecule has 0 spiro atoms. The molecule has 2 amide bonds. The van der Waals surface area contributed by atoms with Gasteiger partial charge >= 0.3 is 5.97 Å². The van der Waals surface area contributed by atoms with Gasteiger partial charge in [-0.05, 0) is 40.5 Å². The van der Waals surface area contributed by atoms with Crippen LogP contribution >= 0.6 is 0 Å². The van der Waals surface area contributed by atoms with Gasteiger partial charge in [-0.25, -0.2) is 4.79 Å². The van der Waals surface area contributed by atoms with Crippen molar-refractivity contribution in [2.75, 3.05) is 13.1 Å². The molecule has 1 aliphatic rings. The number of ether oxygens (including phenoxy) is 1. The third kappa shape index (κ3) is 5.73. The second-order valence-corrected chi connectivity index (χ2v) is 6.57. The number of amides is 2. The summed E-state index contributed by atoms with van der Waals surface area (Å²) in [5, 5.41) is 2.68. The van der Waals surface area contributed by atoms with Gasteiger partial charge in [0.05, 0.1) is 5.92 Å². The smallest absolute Gasteiger partial charge is 0.328 e. The van der Waals surface area contributed by atoms with Gasteiger partial charge in [0.2, 0.25) is 11.8 Å². The van der Waals surface area contributed by atoms with Gasteiger partial charge in [-0.3, -0.25) is 9.59 Å². The van der Waals surface area contributed by atoms with E-state index in [4.69, 9.17) is 4.74 Å². The summed E-state index contributed by atoms with van der Waals surface area (Å²) in [6.45, 7) is 9.58. The minimum atomic E-state index is -0.690. The number of likely N-dealkylation sites (tertiary alicyclic amines) is 1. The van der Waals surface area contributed by atoms with Crippen LogP contribution in [0.2, 0.25) is 0 Å². The average molecular weight is 298 g/mol. The summed E-state index contributed by atoms with van der Waals surface area (Å²) in [4.78, 5) is 37.1. The van der Waals surface area contributed by atoms with Crippen molar-refractivity contribution in [1.82, 2.24) is 10.2 Å². The lowest BCUT2D eigenvalue weighted by Gasteiger charge is -2.32. The number of esters is 1. The molecule has 2 atom stereocenters. The fourth-order valence-electron chi connectivity index (χ4n) is 2.26. The lowest BCUT2D eigenvalue weighted by atomic mass is 9.97. The van der Waals surface area contributed by atoms with E-state index in [9.17, 15) is 14.4 Å². The molecule has 1 rings (SSSR count). The predicted octanol–water partition coefficient (Wildman–Crippen LogP) is 1.09. The molecule has 1 N–H and O–H groups in total. The van der Waals surface area contributed by atoms with Crippen molar-refractivity contribution < 1.29 is 19.1 Å². The molecule has 1 unspecified atom stereocenters. The molecule has 0 bridgehead atoms.